The van der Waals surface area contributed by atoms with Gasteiger partial charge in [0, 0.05) is 18.9 Å². The minimum atomic E-state index is -3.68. The third-order valence-corrected chi connectivity index (χ3v) is 5.69. The smallest absolute Gasteiger partial charge is 0.240 e. The summed E-state index contributed by atoms with van der Waals surface area (Å²) in [5, 5.41) is 0. The van der Waals surface area contributed by atoms with Crippen molar-refractivity contribution in [1.29, 1.82) is 0 Å². The summed E-state index contributed by atoms with van der Waals surface area (Å²) in [6.07, 6.45) is 3.38. The van der Waals surface area contributed by atoms with E-state index in [1.54, 1.807) is 18.5 Å². The first kappa shape index (κ1) is 15.7. The van der Waals surface area contributed by atoms with E-state index in [1.807, 2.05) is 0 Å². The summed E-state index contributed by atoms with van der Waals surface area (Å²) >= 11 is 0. The van der Waals surface area contributed by atoms with E-state index in [0.29, 0.717) is 0 Å². The molecule has 0 saturated carbocycles. The van der Waals surface area contributed by atoms with Crippen LogP contribution in [0.5, 0.6) is 0 Å². The van der Waals surface area contributed by atoms with Gasteiger partial charge < -0.3 is 4.98 Å². The van der Waals surface area contributed by atoms with Gasteiger partial charge >= 0.3 is 0 Å². The Hall–Kier alpha value is -1.68. The molecule has 0 unspecified atom stereocenters. The quantitative estimate of drug-likeness (QED) is 0.713. The largest absolute Gasteiger partial charge is 0.367 e. The summed E-state index contributed by atoms with van der Waals surface area (Å²) in [6.45, 7) is 0.155. The number of aromatic amines is 1. The van der Waals surface area contributed by atoms with Crippen LogP contribution in [0, 0.1) is 0 Å². The minimum absolute atomic E-state index is 0.00749. The lowest BCUT2D eigenvalue weighted by Gasteiger charge is -2.07. The molecular weight excluding hydrogens is 314 g/mol. The molecule has 0 bridgehead atoms. The Morgan fingerprint density at radius 1 is 0.952 bits per heavy atom. The molecule has 0 aliphatic carbocycles. The highest BCUT2D eigenvalue weighted by atomic mass is 32.2. The first-order valence-corrected chi connectivity index (χ1v) is 8.97. The topological polar surface area (TPSA) is 108 Å². The molecule has 1 aromatic heterocycles. The average Bonchev–Trinajstić information content (AvgIpc) is 2.99. The first-order chi connectivity index (χ1) is 9.85. The second-order valence-corrected chi connectivity index (χ2v) is 7.88. The summed E-state index contributed by atoms with van der Waals surface area (Å²) in [4.78, 5) is 2.84. The van der Waals surface area contributed by atoms with Crippen molar-refractivity contribution in [2.75, 3.05) is 7.05 Å². The molecule has 0 radical (unpaired) electrons. The van der Waals surface area contributed by atoms with Gasteiger partial charge in [-0.3, -0.25) is 0 Å². The summed E-state index contributed by atoms with van der Waals surface area (Å²) in [5.74, 6) is 0. The lowest BCUT2D eigenvalue weighted by atomic mass is 10.4. The van der Waals surface area contributed by atoms with Gasteiger partial charge in [-0.1, -0.05) is 0 Å². The molecule has 114 valence electrons. The lowest BCUT2D eigenvalue weighted by Crippen LogP contribution is -2.23. The molecule has 3 N–H and O–H groups in total. The van der Waals surface area contributed by atoms with E-state index in [0.717, 1.165) is 5.56 Å². The number of nitrogens with one attached hydrogen (secondary N) is 3. The van der Waals surface area contributed by atoms with Gasteiger partial charge in [-0.05, 0) is 42.9 Å². The molecule has 0 spiro atoms. The second kappa shape index (κ2) is 5.98. The fourth-order valence-corrected chi connectivity index (χ4v) is 3.39. The van der Waals surface area contributed by atoms with E-state index in [9.17, 15) is 16.8 Å². The zero-order valence-corrected chi connectivity index (χ0v) is 12.8. The van der Waals surface area contributed by atoms with Crippen LogP contribution in [-0.2, 0) is 26.6 Å². The molecule has 7 nitrogen and oxygen atoms in total. The number of benzene rings is 1. The molecule has 0 saturated heterocycles. The van der Waals surface area contributed by atoms with Crippen molar-refractivity contribution in [1.82, 2.24) is 14.4 Å². The molecule has 9 heteroatoms. The van der Waals surface area contributed by atoms with Gasteiger partial charge in [0.05, 0.1) is 9.79 Å². The number of aromatic nitrogens is 1. The predicted octanol–water partition coefficient (Wildman–Crippen LogP) is 0.401. The van der Waals surface area contributed by atoms with Gasteiger partial charge in [0.1, 0.15) is 0 Å². The highest BCUT2D eigenvalue weighted by Crippen LogP contribution is 2.14. The van der Waals surface area contributed by atoms with Crippen LogP contribution >= 0.6 is 0 Å². The third-order valence-electron chi connectivity index (χ3n) is 2.84. The maximum absolute atomic E-state index is 12.1. The molecule has 0 atom stereocenters. The van der Waals surface area contributed by atoms with Crippen LogP contribution in [0.3, 0.4) is 0 Å². The maximum Gasteiger partial charge on any atom is 0.240 e. The molecule has 2 rings (SSSR count). The Morgan fingerprint density at radius 3 is 2.00 bits per heavy atom. The highest BCUT2D eigenvalue weighted by Gasteiger charge is 2.16. The van der Waals surface area contributed by atoms with E-state index in [1.165, 1.54) is 31.3 Å². The van der Waals surface area contributed by atoms with Crippen LogP contribution in [0.1, 0.15) is 5.56 Å². The highest BCUT2D eigenvalue weighted by molar-refractivity contribution is 7.90. The monoisotopic (exact) mass is 329 g/mol. The molecule has 0 amide bonds. The normalized spacial score (nSPS) is 12.4. The van der Waals surface area contributed by atoms with Crippen LogP contribution in [0.25, 0.3) is 0 Å². The van der Waals surface area contributed by atoms with Crippen LogP contribution in [0.15, 0.2) is 52.5 Å². The summed E-state index contributed by atoms with van der Waals surface area (Å²) in [6, 6.07) is 6.76. The van der Waals surface area contributed by atoms with E-state index in [2.05, 4.69) is 14.4 Å². The van der Waals surface area contributed by atoms with Gasteiger partial charge in [0.2, 0.25) is 20.0 Å². The van der Waals surface area contributed by atoms with E-state index in [-0.39, 0.29) is 16.3 Å². The zero-order valence-electron chi connectivity index (χ0n) is 11.2. The molecule has 21 heavy (non-hydrogen) atoms. The Balaban J connectivity index is 2.17. The van der Waals surface area contributed by atoms with E-state index >= 15 is 0 Å². The van der Waals surface area contributed by atoms with Gasteiger partial charge in [-0.25, -0.2) is 26.3 Å². The minimum Gasteiger partial charge on any atom is -0.367 e. The standard InChI is InChI=1S/C12H15N3O4S2/c1-13-20(16,17)11-2-4-12(5-3-11)21(18,19)15-9-10-6-7-14-8-10/h2-8,13-15H,9H2,1H3. The van der Waals surface area contributed by atoms with Gasteiger partial charge in [0.15, 0.2) is 0 Å². The van der Waals surface area contributed by atoms with Crippen molar-refractivity contribution in [3.05, 3.63) is 48.3 Å². The predicted molar refractivity (Wildman–Crippen MR) is 77.5 cm³/mol. The zero-order chi connectivity index (χ0) is 15.5. The summed E-state index contributed by atoms with van der Waals surface area (Å²) in [5.41, 5.74) is 0.799. The van der Waals surface area contributed by atoms with Crippen molar-refractivity contribution in [3.63, 3.8) is 0 Å². The Morgan fingerprint density at radius 2 is 1.52 bits per heavy atom. The van der Waals surface area contributed by atoms with E-state index < -0.39 is 20.0 Å². The van der Waals surface area contributed by atoms with Crippen LogP contribution < -0.4 is 9.44 Å². The first-order valence-electron chi connectivity index (χ1n) is 6.00. The molecular formula is C12H15N3O4S2. The number of rotatable bonds is 6. The Bertz CT molecular complexity index is 795. The van der Waals surface area contributed by atoms with Crippen molar-refractivity contribution in [3.8, 4) is 0 Å². The van der Waals surface area contributed by atoms with Crippen LogP contribution in [-0.4, -0.2) is 28.9 Å². The van der Waals surface area contributed by atoms with Gasteiger partial charge in [-0.2, -0.15) is 0 Å². The molecule has 1 heterocycles. The third kappa shape index (κ3) is 3.70. The fourth-order valence-electron chi connectivity index (χ4n) is 1.65. The van der Waals surface area contributed by atoms with Gasteiger partial charge in [0.25, 0.3) is 0 Å². The second-order valence-electron chi connectivity index (χ2n) is 4.22. The molecule has 1 aromatic carbocycles. The fraction of sp³-hybridized carbons (Fsp3) is 0.167. The lowest BCUT2D eigenvalue weighted by molar-refractivity contribution is 0.579. The number of H-pyrrole nitrogens is 1. The van der Waals surface area contributed by atoms with E-state index in [4.69, 9.17) is 0 Å². The van der Waals surface area contributed by atoms with Crippen molar-refractivity contribution in [2.24, 2.45) is 0 Å². The maximum atomic E-state index is 12.1. The number of hydrogen-bond donors (Lipinski definition) is 3. The van der Waals surface area contributed by atoms with Crippen molar-refractivity contribution >= 4 is 20.0 Å². The van der Waals surface area contributed by atoms with Crippen LogP contribution in [0.2, 0.25) is 0 Å². The summed E-state index contributed by atoms with van der Waals surface area (Å²) < 4.78 is 51.9. The molecule has 2 aromatic rings. The molecule has 0 fully saturated rings. The van der Waals surface area contributed by atoms with Crippen molar-refractivity contribution < 1.29 is 16.8 Å². The molecule has 0 aliphatic heterocycles. The molecule has 0 aliphatic rings. The number of hydrogen-bond acceptors (Lipinski definition) is 4. The Kier molecular flexibility index (Phi) is 4.47. The SMILES string of the molecule is CNS(=O)(=O)c1ccc(S(=O)(=O)NCc2cc[nH]c2)cc1. The van der Waals surface area contributed by atoms with Gasteiger partial charge in [-0.15, -0.1) is 0 Å². The number of sulfonamides is 2. The average molecular weight is 329 g/mol. The summed E-state index contributed by atoms with van der Waals surface area (Å²) in [7, 11) is -5.97. The van der Waals surface area contributed by atoms with Crippen molar-refractivity contribution in [2.45, 2.75) is 16.3 Å². The van der Waals surface area contributed by atoms with Crippen LogP contribution in [0.4, 0.5) is 0 Å². The Labute approximate surface area is 123 Å².